The first-order chi connectivity index (χ1) is 10.3. The van der Waals surface area contributed by atoms with Crippen molar-refractivity contribution in [3.05, 3.63) is 24.3 Å². The summed E-state index contributed by atoms with van der Waals surface area (Å²) < 4.78 is 39.9. The van der Waals surface area contributed by atoms with Crippen molar-refractivity contribution in [3.8, 4) is 5.75 Å². The molecule has 3 N–H and O–H groups in total. The minimum Gasteiger partial charge on any atom is -0.406 e. The molecule has 1 heterocycles. The van der Waals surface area contributed by atoms with Crippen LogP contribution in [0.2, 0.25) is 0 Å². The van der Waals surface area contributed by atoms with Crippen LogP contribution in [0.1, 0.15) is 19.8 Å². The van der Waals surface area contributed by atoms with Crippen molar-refractivity contribution in [2.24, 2.45) is 0 Å². The van der Waals surface area contributed by atoms with Gasteiger partial charge < -0.3 is 20.7 Å². The number of urea groups is 1. The number of ether oxygens (including phenoxy) is 1. The van der Waals surface area contributed by atoms with Gasteiger partial charge in [0.2, 0.25) is 0 Å². The lowest BCUT2D eigenvalue weighted by Crippen LogP contribution is -2.47. The maximum atomic E-state index is 12.0. The predicted octanol–water partition coefficient (Wildman–Crippen LogP) is 2.85. The Labute approximate surface area is 126 Å². The molecular formula is C14H18F3N3O2. The van der Waals surface area contributed by atoms with Crippen LogP contribution >= 0.6 is 0 Å². The number of rotatable bonds is 3. The summed E-state index contributed by atoms with van der Waals surface area (Å²) in [6, 6.07) is 5.06. The van der Waals surface area contributed by atoms with Crippen LogP contribution in [0.15, 0.2) is 24.3 Å². The number of carbonyl (C=O) groups excluding carboxylic acids is 1. The van der Waals surface area contributed by atoms with Crippen molar-refractivity contribution in [2.75, 3.05) is 11.9 Å². The Morgan fingerprint density at radius 1 is 1.32 bits per heavy atom. The van der Waals surface area contributed by atoms with Gasteiger partial charge in [0.25, 0.3) is 0 Å². The topological polar surface area (TPSA) is 62.4 Å². The maximum absolute atomic E-state index is 12.0. The zero-order chi connectivity index (χ0) is 16.2. The third kappa shape index (κ3) is 5.44. The van der Waals surface area contributed by atoms with Crippen LogP contribution in [0.3, 0.4) is 0 Å². The Morgan fingerprint density at radius 3 is 2.59 bits per heavy atom. The van der Waals surface area contributed by atoms with Gasteiger partial charge in [0.05, 0.1) is 0 Å². The first-order valence-corrected chi connectivity index (χ1v) is 6.98. The van der Waals surface area contributed by atoms with Crippen LogP contribution in [-0.4, -0.2) is 31.0 Å². The Morgan fingerprint density at radius 2 is 2.00 bits per heavy atom. The molecule has 1 aromatic rings. The zero-order valence-electron chi connectivity index (χ0n) is 12.0. The van der Waals surface area contributed by atoms with E-state index in [-0.39, 0.29) is 17.8 Å². The second kappa shape index (κ2) is 6.87. The van der Waals surface area contributed by atoms with E-state index in [1.54, 1.807) is 0 Å². The van der Waals surface area contributed by atoms with Crippen LogP contribution in [0.5, 0.6) is 5.75 Å². The molecule has 0 aliphatic carbocycles. The van der Waals surface area contributed by atoms with Crippen LogP contribution in [0.25, 0.3) is 0 Å². The lowest BCUT2D eigenvalue weighted by molar-refractivity contribution is -0.274. The highest BCUT2D eigenvalue weighted by molar-refractivity contribution is 5.89. The fourth-order valence-electron chi connectivity index (χ4n) is 2.36. The number of hydrogen-bond donors (Lipinski definition) is 3. The second-order valence-electron chi connectivity index (χ2n) is 5.25. The summed E-state index contributed by atoms with van der Waals surface area (Å²) in [5.74, 6) is -0.328. The molecule has 0 bridgehead atoms. The van der Waals surface area contributed by atoms with Crippen LogP contribution in [0, 0.1) is 0 Å². The SMILES string of the molecule is C[C@@H]1C[C@H](NC(=O)Nc2ccc(OC(F)(F)F)cc2)CCN1. The third-order valence-electron chi connectivity index (χ3n) is 3.30. The Bertz CT molecular complexity index is 505. The van der Waals surface area contributed by atoms with Gasteiger partial charge in [-0.05, 0) is 50.6 Å². The molecule has 1 saturated heterocycles. The largest absolute Gasteiger partial charge is 0.573 e. The Balaban J connectivity index is 1.83. The minimum atomic E-state index is -4.72. The molecule has 0 radical (unpaired) electrons. The summed E-state index contributed by atoms with van der Waals surface area (Å²) in [6.07, 6.45) is -3.04. The van der Waals surface area contributed by atoms with Gasteiger partial charge in [-0.15, -0.1) is 13.2 Å². The first kappa shape index (κ1) is 16.4. The molecule has 22 heavy (non-hydrogen) atoms. The van der Waals surface area contributed by atoms with Gasteiger partial charge in [-0.3, -0.25) is 0 Å². The molecule has 0 aromatic heterocycles. The monoisotopic (exact) mass is 317 g/mol. The van der Waals surface area contributed by atoms with Gasteiger partial charge in [-0.25, -0.2) is 4.79 Å². The average Bonchev–Trinajstić information content (AvgIpc) is 2.39. The molecule has 8 heteroatoms. The average molecular weight is 317 g/mol. The van der Waals surface area contributed by atoms with Crippen molar-refractivity contribution in [1.82, 2.24) is 10.6 Å². The molecule has 2 atom stereocenters. The third-order valence-corrected chi connectivity index (χ3v) is 3.30. The number of anilines is 1. The summed E-state index contributed by atoms with van der Waals surface area (Å²) in [7, 11) is 0. The molecule has 122 valence electrons. The summed E-state index contributed by atoms with van der Waals surface area (Å²) in [5.41, 5.74) is 0.397. The van der Waals surface area contributed by atoms with Crippen molar-refractivity contribution < 1.29 is 22.7 Å². The summed E-state index contributed by atoms with van der Waals surface area (Å²) in [5, 5.41) is 8.72. The molecule has 0 saturated carbocycles. The number of halogens is 3. The highest BCUT2D eigenvalue weighted by Gasteiger charge is 2.31. The van der Waals surface area contributed by atoms with E-state index in [9.17, 15) is 18.0 Å². The van der Waals surface area contributed by atoms with E-state index in [2.05, 4.69) is 20.7 Å². The van der Waals surface area contributed by atoms with Crippen molar-refractivity contribution in [2.45, 2.75) is 38.2 Å². The highest BCUT2D eigenvalue weighted by atomic mass is 19.4. The van der Waals surface area contributed by atoms with Gasteiger partial charge in [0, 0.05) is 17.8 Å². The first-order valence-electron chi connectivity index (χ1n) is 6.98. The number of alkyl halides is 3. The van der Waals surface area contributed by atoms with Crippen LogP contribution in [0.4, 0.5) is 23.7 Å². The van der Waals surface area contributed by atoms with Crippen molar-refractivity contribution in [3.63, 3.8) is 0 Å². The van der Waals surface area contributed by atoms with Crippen molar-refractivity contribution in [1.29, 1.82) is 0 Å². The van der Waals surface area contributed by atoms with E-state index in [0.29, 0.717) is 11.7 Å². The fraction of sp³-hybridized carbons (Fsp3) is 0.500. The van der Waals surface area contributed by atoms with Gasteiger partial charge in [0.15, 0.2) is 0 Å². The number of piperidine rings is 1. The number of benzene rings is 1. The molecule has 2 amide bonds. The standard InChI is InChI=1S/C14H18F3N3O2/c1-9-8-11(6-7-18-9)20-13(21)19-10-2-4-12(5-3-10)22-14(15,16)17/h2-5,9,11,18H,6-8H2,1H3,(H2,19,20,21)/t9-,11-/m1/s1. The number of amides is 2. The normalized spacial score (nSPS) is 22.0. The smallest absolute Gasteiger partial charge is 0.406 e. The van der Waals surface area contributed by atoms with E-state index in [1.165, 1.54) is 12.1 Å². The molecular weight excluding hydrogens is 299 g/mol. The summed E-state index contributed by atoms with van der Waals surface area (Å²) in [6.45, 7) is 2.89. The predicted molar refractivity (Wildman–Crippen MR) is 75.8 cm³/mol. The van der Waals surface area contributed by atoms with E-state index in [4.69, 9.17) is 0 Å². The van der Waals surface area contributed by atoms with E-state index >= 15 is 0 Å². The Kier molecular flexibility index (Phi) is 5.12. The van der Waals surface area contributed by atoms with Crippen LogP contribution in [-0.2, 0) is 0 Å². The van der Waals surface area contributed by atoms with E-state index < -0.39 is 6.36 Å². The molecule has 1 aliphatic heterocycles. The summed E-state index contributed by atoms with van der Waals surface area (Å²) in [4.78, 5) is 11.8. The van der Waals surface area contributed by atoms with Gasteiger partial charge >= 0.3 is 12.4 Å². The lowest BCUT2D eigenvalue weighted by atomic mass is 10.0. The van der Waals surface area contributed by atoms with E-state index in [0.717, 1.165) is 31.5 Å². The van der Waals surface area contributed by atoms with Crippen molar-refractivity contribution >= 4 is 11.7 Å². The quantitative estimate of drug-likeness (QED) is 0.803. The van der Waals surface area contributed by atoms with E-state index in [1.807, 2.05) is 6.92 Å². The maximum Gasteiger partial charge on any atom is 0.573 e. The van der Waals surface area contributed by atoms with Crippen LogP contribution < -0.4 is 20.7 Å². The number of carbonyl (C=O) groups is 1. The second-order valence-corrected chi connectivity index (χ2v) is 5.25. The molecule has 1 aromatic carbocycles. The molecule has 1 fully saturated rings. The molecule has 0 unspecified atom stereocenters. The Hall–Kier alpha value is -1.96. The number of nitrogens with one attached hydrogen (secondary N) is 3. The molecule has 1 aliphatic rings. The van der Waals surface area contributed by atoms with Gasteiger partial charge in [0.1, 0.15) is 5.75 Å². The number of hydrogen-bond acceptors (Lipinski definition) is 3. The minimum absolute atomic E-state index is 0.0871. The fourth-order valence-corrected chi connectivity index (χ4v) is 2.36. The molecule has 2 rings (SSSR count). The molecule has 5 nitrogen and oxygen atoms in total. The lowest BCUT2D eigenvalue weighted by Gasteiger charge is -2.28. The highest BCUT2D eigenvalue weighted by Crippen LogP contribution is 2.23. The van der Waals surface area contributed by atoms with Gasteiger partial charge in [-0.2, -0.15) is 0 Å². The zero-order valence-corrected chi connectivity index (χ0v) is 12.0. The summed E-state index contributed by atoms with van der Waals surface area (Å²) >= 11 is 0. The molecule has 0 spiro atoms. The van der Waals surface area contributed by atoms with Gasteiger partial charge in [-0.1, -0.05) is 0 Å².